The molecule has 1 aromatic heterocycles. The molecule has 6 nitrogen and oxygen atoms in total. The second-order valence-corrected chi connectivity index (χ2v) is 6.72. The lowest BCUT2D eigenvalue weighted by atomic mass is 10.2. The van der Waals surface area contributed by atoms with Crippen LogP contribution in [0.15, 0.2) is 17.6 Å². The highest BCUT2D eigenvalue weighted by Gasteiger charge is 2.14. The van der Waals surface area contributed by atoms with Crippen molar-refractivity contribution in [1.82, 2.24) is 25.0 Å². The average molecular weight is 474 g/mol. The molecular formula is C19H35IN6. The van der Waals surface area contributed by atoms with Crippen LogP contribution in [0.1, 0.15) is 63.5 Å². The van der Waals surface area contributed by atoms with Crippen LogP contribution in [0.2, 0.25) is 0 Å². The highest BCUT2D eigenvalue weighted by Crippen LogP contribution is 2.15. The summed E-state index contributed by atoms with van der Waals surface area (Å²) in [6.45, 7) is 9.40. The number of aryl methyl sites for hydroxylation is 1. The van der Waals surface area contributed by atoms with Gasteiger partial charge in [0.05, 0.1) is 0 Å². The molecule has 0 bridgehead atoms. The number of hydrogen-bond donors (Lipinski definition) is 1. The van der Waals surface area contributed by atoms with E-state index in [2.05, 4.69) is 45.5 Å². The van der Waals surface area contributed by atoms with E-state index in [0.717, 1.165) is 50.1 Å². The Morgan fingerprint density at radius 2 is 2.12 bits per heavy atom. The molecule has 148 valence electrons. The Hall–Kier alpha value is -1.12. The molecule has 1 aromatic rings. The summed E-state index contributed by atoms with van der Waals surface area (Å²) < 4.78 is 2.27. The highest BCUT2D eigenvalue weighted by molar-refractivity contribution is 14.0. The number of hydrogen-bond acceptors (Lipinski definition) is 3. The predicted molar refractivity (Wildman–Crippen MR) is 119 cm³/mol. The molecule has 1 aliphatic rings. The minimum absolute atomic E-state index is 0. The molecule has 0 aliphatic carbocycles. The van der Waals surface area contributed by atoms with Crippen molar-refractivity contribution in [3.63, 3.8) is 0 Å². The third-order valence-electron chi connectivity index (χ3n) is 4.65. The maximum Gasteiger partial charge on any atom is 0.194 e. The van der Waals surface area contributed by atoms with Crippen LogP contribution in [0.3, 0.4) is 0 Å². The van der Waals surface area contributed by atoms with Crippen LogP contribution < -0.4 is 5.32 Å². The van der Waals surface area contributed by atoms with Gasteiger partial charge in [0.25, 0.3) is 0 Å². The third-order valence-corrected chi connectivity index (χ3v) is 4.65. The quantitative estimate of drug-likeness (QED) is 0.195. The molecule has 0 amide bonds. The van der Waals surface area contributed by atoms with Crippen LogP contribution >= 0.6 is 24.0 Å². The van der Waals surface area contributed by atoms with Gasteiger partial charge in [0, 0.05) is 33.1 Å². The summed E-state index contributed by atoms with van der Waals surface area (Å²) in [5.41, 5.74) is 0. The van der Waals surface area contributed by atoms with Crippen LogP contribution in [0.4, 0.5) is 0 Å². The lowest BCUT2D eigenvalue weighted by Crippen LogP contribution is -2.39. The van der Waals surface area contributed by atoms with Crippen LogP contribution in [-0.2, 0) is 19.5 Å². The van der Waals surface area contributed by atoms with Gasteiger partial charge in [-0.1, -0.05) is 18.9 Å². The lowest BCUT2D eigenvalue weighted by molar-refractivity contribution is 0.454. The maximum absolute atomic E-state index is 4.80. The van der Waals surface area contributed by atoms with E-state index in [4.69, 9.17) is 4.99 Å². The molecule has 0 fully saturated rings. The third kappa shape index (κ3) is 7.25. The SMILES string of the molecule is C=CCCCCCN(C)C(=NCc1nnc2n1CCCCC2)NCC.I. The van der Waals surface area contributed by atoms with E-state index >= 15 is 0 Å². The summed E-state index contributed by atoms with van der Waals surface area (Å²) in [6.07, 6.45) is 11.5. The Bertz CT molecular complexity index is 554. The van der Waals surface area contributed by atoms with Crippen molar-refractivity contribution in [3.05, 3.63) is 24.3 Å². The van der Waals surface area contributed by atoms with Gasteiger partial charge in [-0.05, 0) is 39.0 Å². The fourth-order valence-corrected chi connectivity index (χ4v) is 3.20. The molecule has 0 saturated carbocycles. The van der Waals surface area contributed by atoms with Gasteiger partial charge in [-0.25, -0.2) is 4.99 Å². The summed E-state index contributed by atoms with van der Waals surface area (Å²) in [6, 6.07) is 0. The van der Waals surface area contributed by atoms with Gasteiger partial charge >= 0.3 is 0 Å². The van der Waals surface area contributed by atoms with Crippen LogP contribution in [0, 0.1) is 0 Å². The zero-order chi connectivity index (χ0) is 17.9. The lowest BCUT2D eigenvalue weighted by Gasteiger charge is -2.22. The number of aromatic nitrogens is 3. The summed E-state index contributed by atoms with van der Waals surface area (Å²) in [4.78, 5) is 7.02. The summed E-state index contributed by atoms with van der Waals surface area (Å²) in [5, 5.41) is 12.1. The smallest absolute Gasteiger partial charge is 0.194 e. The number of nitrogens with one attached hydrogen (secondary N) is 1. The Kier molecular flexibility index (Phi) is 11.6. The standard InChI is InChI=1S/C19H34N6.HI/c1-4-6-7-8-11-14-24(3)19(20-5-2)21-16-18-23-22-17-13-10-9-12-15-25(17)18;/h4H,1,5-16H2,2-3H3,(H,20,21);1H. The summed E-state index contributed by atoms with van der Waals surface area (Å²) in [7, 11) is 2.11. The molecule has 2 rings (SSSR count). The van der Waals surface area contributed by atoms with Crippen LogP contribution in [-0.4, -0.2) is 45.8 Å². The van der Waals surface area contributed by atoms with Gasteiger partial charge in [-0.3, -0.25) is 0 Å². The molecule has 0 radical (unpaired) electrons. The molecule has 0 atom stereocenters. The van der Waals surface area contributed by atoms with E-state index in [0.29, 0.717) is 6.54 Å². The van der Waals surface area contributed by atoms with E-state index in [-0.39, 0.29) is 24.0 Å². The molecule has 0 unspecified atom stereocenters. The van der Waals surface area contributed by atoms with Gasteiger partial charge in [-0.15, -0.1) is 40.8 Å². The minimum atomic E-state index is 0. The van der Waals surface area contributed by atoms with Gasteiger partial charge < -0.3 is 14.8 Å². The van der Waals surface area contributed by atoms with Crippen molar-refractivity contribution in [2.75, 3.05) is 20.1 Å². The highest BCUT2D eigenvalue weighted by atomic mass is 127. The molecule has 2 heterocycles. The number of unbranched alkanes of at least 4 members (excludes halogenated alkanes) is 3. The fraction of sp³-hybridized carbons (Fsp3) is 0.737. The van der Waals surface area contributed by atoms with Gasteiger partial charge in [-0.2, -0.15) is 0 Å². The van der Waals surface area contributed by atoms with Crippen molar-refractivity contribution in [3.8, 4) is 0 Å². The number of guanidine groups is 1. The zero-order valence-electron chi connectivity index (χ0n) is 16.4. The molecular weight excluding hydrogens is 439 g/mol. The monoisotopic (exact) mass is 474 g/mol. The van der Waals surface area contributed by atoms with Gasteiger partial charge in [0.15, 0.2) is 11.8 Å². The van der Waals surface area contributed by atoms with Gasteiger partial charge in [0.1, 0.15) is 12.4 Å². The van der Waals surface area contributed by atoms with Gasteiger partial charge in [0.2, 0.25) is 0 Å². The van der Waals surface area contributed by atoms with Crippen molar-refractivity contribution in [1.29, 1.82) is 0 Å². The van der Waals surface area contributed by atoms with Crippen LogP contribution in [0.25, 0.3) is 0 Å². The van der Waals surface area contributed by atoms with Crippen LogP contribution in [0.5, 0.6) is 0 Å². The van der Waals surface area contributed by atoms with E-state index in [1.54, 1.807) is 0 Å². The first-order chi connectivity index (χ1) is 12.3. The summed E-state index contributed by atoms with van der Waals surface area (Å²) in [5.74, 6) is 3.08. The Morgan fingerprint density at radius 3 is 2.88 bits per heavy atom. The van der Waals surface area contributed by atoms with E-state index in [1.165, 1.54) is 38.5 Å². The fourth-order valence-electron chi connectivity index (χ4n) is 3.20. The number of allylic oxidation sites excluding steroid dienone is 1. The Balaban J connectivity index is 0.00000338. The normalized spacial score (nSPS) is 14.2. The number of halogens is 1. The average Bonchev–Trinajstić information content (AvgIpc) is 2.84. The second kappa shape index (κ2) is 13.1. The number of nitrogens with zero attached hydrogens (tertiary/aromatic N) is 5. The maximum atomic E-state index is 4.80. The molecule has 0 spiro atoms. The summed E-state index contributed by atoms with van der Waals surface area (Å²) >= 11 is 0. The molecule has 1 aliphatic heterocycles. The minimum Gasteiger partial charge on any atom is -0.357 e. The van der Waals surface area contributed by atoms with E-state index in [1.807, 2.05) is 6.08 Å². The number of fused-ring (bicyclic) bond motifs is 1. The largest absolute Gasteiger partial charge is 0.357 e. The topological polar surface area (TPSA) is 58.3 Å². The van der Waals surface area contributed by atoms with Crippen molar-refractivity contribution in [2.45, 2.75) is 71.4 Å². The first-order valence-electron chi connectivity index (χ1n) is 9.77. The predicted octanol–water partition coefficient (Wildman–Crippen LogP) is 3.77. The number of aliphatic imine (C=N–C) groups is 1. The zero-order valence-corrected chi connectivity index (χ0v) is 18.7. The molecule has 0 saturated heterocycles. The van der Waals surface area contributed by atoms with E-state index in [9.17, 15) is 0 Å². The second-order valence-electron chi connectivity index (χ2n) is 6.72. The van der Waals surface area contributed by atoms with Crippen molar-refractivity contribution in [2.24, 2.45) is 4.99 Å². The van der Waals surface area contributed by atoms with Crippen molar-refractivity contribution < 1.29 is 0 Å². The number of rotatable bonds is 9. The Labute approximate surface area is 175 Å². The molecule has 26 heavy (non-hydrogen) atoms. The first kappa shape index (κ1) is 22.9. The molecule has 7 heteroatoms. The molecule has 1 N–H and O–H groups in total. The van der Waals surface area contributed by atoms with E-state index < -0.39 is 0 Å². The molecule has 0 aromatic carbocycles. The van der Waals surface area contributed by atoms with Crippen molar-refractivity contribution >= 4 is 29.9 Å². The first-order valence-corrected chi connectivity index (χ1v) is 9.77. The Morgan fingerprint density at radius 1 is 1.27 bits per heavy atom.